The van der Waals surface area contributed by atoms with Gasteiger partial charge in [-0.1, -0.05) is 11.6 Å². The topological polar surface area (TPSA) is 72.8 Å². The predicted octanol–water partition coefficient (Wildman–Crippen LogP) is 1.49. The molecular formula is C14H19ClF3N5O. The van der Waals surface area contributed by atoms with Crippen LogP contribution in [0.25, 0.3) is 0 Å². The molecule has 1 aromatic heterocycles. The number of aliphatic hydroxyl groups is 1. The van der Waals surface area contributed by atoms with Crippen molar-refractivity contribution in [3.8, 4) is 0 Å². The Labute approximate surface area is 142 Å². The second kappa shape index (κ2) is 7.89. The van der Waals surface area contributed by atoms with Crippen molar-refractivity contribution in [3.05, 3.63) is 22.8 Å². The minimum atomic E-state index is -4.46. The molecule has 0 aliphatic carbocycles. The summed E-state index contributed by atoms with van der Waals surface area (Å²) >= 11 is 5.98. The van der Waals surface area contributed by atoms with E-state index in [0.717, 1.165) is 18.7 Å². The maximum absolute atomic E-state index is 12.7. The van der Waals surface area contributed by atoms with Crippen LogP contribution >= 0.6 is 11.6 Å². The first-order valence-corrected chi connectivity index (χ1v) is 7.78. The molecule has 1 aliphatic rings. The van der Waals surface area contributed by atoms with E-state index in [0.29, 0.717) is 31.4 Å². The van der Waals surface area contributed by atoms with Crippen LogP contribution in [-0.2, 0) is 6.18 Å². The molecule has 0 spiro atoms. The summed E-state index contributed by atoms with van der Waals surface area (Å²) in [5.74, 6) is 0.898. The molecule has 24 heavy (non-hydrogen) atoms. The third-order valence-corrected chi connectivity index (χ3v) is 3.88. The summed E-state index contributed by atoms with van der Waals surface area (Å²) in [6, 6.07) is 0.946. The number of aromatic nitrogens is 1. The number of nitrogens with zero attached hydrogens (tertiary/aromatic N) is 3. The van der Waals surface area contributed by atoms with Gasteiger partial charge in [-0.2, -0.15) is 13.2 Å². The van der Waals surface area contributed by atoms with Gasteiger partial charge in [0.15, 0.2) is 5.96 Å². The third-order valence-electron chi connectivity index (χ3n) is 3.61. The summed E-state index contributed by atoms with van der Waals surface area (Å²) in [6.45, 7) is 1.52. The first kappa shape index (κ1) is 18.6. The second-order valence-corrected chi connectivity index (χ2v) is 5.73. The summed E-state index contributed by atoms with van der Waals surface area (Å²) in [6.07, 6.45) is -2.91. The first-order valence-electron chi connectivity index (χ1n) is 7.41. The van der Waals surface area contributed by atoms with Crippen LogP contribution in [0.15, 0.2) is 17.3 Å². The molecule has 0 aromatic carbocycles. The van der Waals surface area contributed by atoms with E-state index in [1.165, 1.54) is 0 Å². The van der Waals surface area contributed by atoms with Crippen molar-refractivity contribution in [1.29, 1.82) is 0 Å². The highest BCUT2D eigenvalue weighted by Crippen LogP contribution is 2.34. The summed E-state index contributed by atoms with van der Waals surface area (Å²) in [5.41, 5.74) is -0.862. The van der Waals surface area contributed by atoms with Gasteiger partial charge in [0.2, 0.25) is 0 Å². The number of aliphatic imine (C=N–C) groups is 1. The zero-order valence-corrected chi connectivity index (χ0v) is 13.8. The van der Waals surface area contributed by atoms with E-state index in [-0.39, 0.29) is 17.7 Å². The Morgan fingerprint density at radius 3 is 2.88 bits per heavy atom. The molecule has 0 amide bonds. The number of halogens is 4. The predicted molar refractivity (Wildman–Crippen MR) is 86.5 cm³/mol. The molecule has 1 aromatic rings. The summed E-state index contributed by atoms with van der Waals surface area (Å²) < 4.78 is 38.0. The molecule has 2 heterocycles. The van der Waals surface area contributed by atoms with Gasteiger partial charge in [-0.05, 0) is 12.5 Å². The zero-order chi connectivity index (χ0) is 17.7. The highest BCUT2D eigenvalue weighted by atomic mass is 35.5. The average molecular weight is 366 g/mol. The van der Waals surface area contributed by atoms with Crippen LogP contribution in [0.2, 0.25) is 5.02 Å². The lowest BCUT2D eigenvalue weighted by atomic mass is 10.2. The van der Waals surface area contributed by atoms with Crippen LogP contribution in [0.1, 0.15) is 12.0 Å². The Morgan fingerprint density at radius 1 is 1.54 bits per heavy atom. The van der Waals surface area contributed by atoms with E-state index in [1.54, 1.807) is 7.05 Å². The maximum Gasteiger partial charge on any atom is 0.417 e. The van der Waals surface area contributed by atoms with Crippen LogP contribution in [-0.4, -0.2) is 55.4 Å². The lowest BCUT2D eigenvalue weighted by molar-refractivity contribution is -0.137. The number of alkyl halides is 3. The van der Waals surface area contributed by atoms with Crippen LogP contribution in [0.3, 0.4) is 0 Å². The Kier molecular flexibility index (Phi) is 6.11. The van der Waals surface area contributed by atoms with Gasteiger partial charge in [0, 0.05) is 38.9 Å². The number of nitrogens with one attached hydrogen (secondary N) is 2. The van der Waals surface area contributed by atoms with Crippen molar-refractivity contribution in [2.45, 2.75) is 18.6 Å². The Balaban J connectivity index is 2.00. The molecule has 6 nitrogen and oxygen atoms in total. The maximum atomic E-state index is 12.7. The van der Waals surface area contributed by atoms with Gasteiger partial charge in [-0.3, -0.25) is 4.99 Å². The van der Waals surface area contributed by atoms with Gasteiger partial charge in [0.1, 0.15) is 5.82 Å². The van der Waals surface area contributed by atoms with Crippen LogP contribution < -0.4 is 15.5 Å². The number of rotatable bonds is 4. The fourth-order valence-electron chi connectivity index (χ4n) is 2.45. The highest BCUT2D eigenvalue weighted by Gasteiger charge is 2.33. The molecule has 1 aliphatic heterocycles. The number of hydrogen-bond acceptors (Lipinski definition) is 4. The minimum Gasteiger partial charge on any atom is -0.395 e. The molecule has 0 bridgehead atoms. The molecule has 1 unspecified atom stereocenters. The van der Waals surface area contributed by atoms with Crippen LogP contribution in [0.5, 0.6) is 0 Å². The molecule has 1 atom stereocenters. The molecule has 3 N–H and O–H groups in total. The van der Waals surface area contributed by atoms with E-state index in [1.807, 2.05) is 4.90 Å². The minimum absolute atomic E-state index is 0.0113. The fraction of sp³-hybridized carbons (Fsp3) is 0.571. The van der Waals surface area contributed by atoms with E-state index in [4.69, 9.17) is 16.7 Å². The molecule has 0 radical (unpaired) electrons. The van der Waals surface area contributed by atoms with Gasteiger partial charge in [0.25, 0.3) is 0 Å². The number of hydrogen-bond donors (Lipinski definition) is 3. The smallest absolute Gasteiger partial charge is 0.395 e. The van der Waals surface area contributed by atoms with Crippen molar-refractivity contribution >= 4 is 23.4 Å². The third kappa shape index (κ3) is 4.64. The Bertz CT molecular complexity index is 596. The molecule has 10 heteroatoms. The largest absolute Gasteiger partial charge is 0.417 e. The van der Waals surface area contributed by atoms with Gasteiger partial charge in [-0.25, -0.2) is 4.98 Å². The number of guanidine groups is 1. The van der Waals surface area contributed by atoms with E-state index < -0.39 is 11.7 Å². The second-order valence-electron chi connectivity index (χ2n) is 5.33. The number of anilines is 1. The Hall–Kier alpha value is -1.74. The highest BCUT2D eigenvalue weighted by molar-refractivity contribution is 6.33. The van der Waals surface area contributed by atoms with E-state index >= 15 is 0 Å². The quantitative estimate of drug-likeness (QED) is 0.557. The van der Waals surface area contributed by atoms with Crippen molar-refractivity contribution in [3.63, 3.8) is 0 Å². The SMILES string of the molecule is CN=C(NCCO)NC1CCN(c2ncc(C(F)(F)F)cc2Cl)C1. The van der Waals surface area contributed by atoms with Gasteiger partial charge in [0.05, 0.1) is 17.2 Å². The van der Waals surface area contributed by atoms with E-state index in [9.17, 15) is 13.2 Å². The lowest BCUT2D eigenvalue weighted by Gasteiger charge is -2.21. The fourth-order valence-corrected chi connectivity index (χ4v) is 2.74. The number of pyridine rings is 1. The zero-order valence-electron chi connectivity index (χ0n) is 13.1. The molecule has 1 fully saturated rings. The molecule has 2 rings (SSSR count). The normalized spacial score (nSPS) is 18.8. The Morgan fingerprint density at radius 2 is 2.29 bits per heavy atom. The monoisotopic (exact) mass is 365 g/mol. The van der Waals surface area contributed by atoms with Crippen LogP contribution in [0, 0.1) is 0 Å². The molecular weight excluding hydrogens is 347 g/mol. The first-order chi connectivity index (χ1) is 11.3. The van der Waals surface area contributed by atoms with Crippen molar-refractivity contribution in [1.82, 2.24) is 15.6 Å². The number of aliphatic hydroxyl groups excluding tert-OH is 1. The van der Waals surface area contributed by atoms with Gasteiger partial charge in [-0.15, -0.1) is 0 Å². The van der Waals surface area contributed by atoms with E-state index in [2.05, 4.69) is 20.6 Å². The van der Waals surface area contributed by atoms with Crippen molar-refractivity contribution in [2.75, 3.05) is 38.2 Å². The summed E-state index contributed by atoms with van der Waals surface area (Å²) in [7, 11) is 1.62. The van der Waals surface area contributed by atoms with Crippen molar-refractivity contribution < 1.29 is 18.3 Å². The molecule has 134 valence electrons. The van der Waals surface area contributed by atoms with Gasteiger partial charge < -0.3 is 20.6 Å². The lowest BCUT2D eigenvalue weighted by Crippen LogP contribution is -2.45. The molecule has 1 saturated heterocycles. The van der Waals surface area contributed by atoms with Gasteiger partial charge >= 0.3 is 6.18 Å². The van der Waals surface area contributed by atoms with Crippen molar-refractivity contribution in [2.24, 2.45) is 4.99 Å². The molecule has 0 saturated carbocycles. The summed E-state index contributed by atoms with van der Waals surface area (Å²) in [4.78, 5) is 9.75. The standard InChI is InChI=1S/C14H19ClF3N5O/c1-19-13(20-3-5-24)22-10-2-4-23(8-10)12-11(15)6-9(7-21-12)14(16,17)18/h6-7,10,24H,2-5,8H2,1H3,(H2,19,20,22). The van der Waals surface area contributed by atoms with Crippen LogP contribution in [0.4, 0.5) is 19.0 Å². The summed E-state index contributed by atoms with van der Waals surface area (Å²) in [5, 5.41) is 14.9. The average Bonchev–Trinajstić information content (AvgIpc) is 2.98.